The summed E-state index contributed by atoms with van der Waals surface area (Å²) in [6, 6.07) is 0. The molecule has 0 atom stereocenters. The minimum absolute atomic E-state index is 0. The first kappa shape index (κ1) is 15.7. The number of carboxylic acid groups (broad SMARTS) is 2. The largest absolute Gasteiger partial charge is 3.00 e. The Morgan fingerprint density at radius 2 is 1.33 bits per heavy atom. The van der Waals surface area contributed by atoms with Crippen LogP contribution in [0.25, 0.3) is 0 Å². The monoisotopic (exact) mass is 128 g/mol. The average molecular weight is 128 g/mol. The molecule has 0 unspecified atom stereocenters. The van der Waals surface area contributed by atoms with Crippen molar-refractivity contribution in [1.29, 1.82) is 0 Å². The van der Waals surface area contributed by atoms with E-state index >= 15 is 0 Å². The number of hydrogen-bond acceptors (Lipinski definition) is 3. The fraction of sp³-hybridized carbons (Fsp3) is 0. The summed E-state index contributed by atoms with van der Waals surface area (Å²) in [5.41, 5.74) is 0. The third-order valence-corrected chi connectivity index (χ3v) is 0. The van der Waals surface area contributed by atoms with Crippen molar-refractivity contribution in [2.45, 2.75) is 0 Å². The molecule has 0 saturated heterocycles. The van der Waals surface area contributed by atoms with Gasteiger partial charge < -0.3 is 15.0 Å². The van der Waals surface area contributed by atoms with Crippen LogP contribution >= 0.6 is 0 Å². The Morgan fingerprint density at radius 3 is 1.33 bits per heavy atom. The number of carbonyl (C=O) groups excluding carboxylic acids is 1. The van der Waals surface area contributed by atoms with Gasteiger partial charge in [-0.1, -0.05) is 0 Å². The van der Waals surface area contributed by atoms with Gasteiger partial charge in [0.25, 0.3) is 0 Å². The van der Waals surface area contributed by atoms with Crippen molar-refractivity contribution in [3.8, 4) is 0 Å². The molecule has 0 radical (unpaired) electrons. The van der Waals surface area contributed by atoms with Crippen LogP contribution in [-0.2, 0) is 25.8 Å². The van der Waals surface area contributed by atoms with E-state index in [9.17, 15) is 0 Å². The molecule has 0 rings (SSSR count). The van der Waals surface area contributed by atoms with Crippen molar-refractivity contribution in [2.75, 3.05) is 0 Å². The molecule has 0 amide bonds. The molecule has 6 heavy (non-hydrogen) atoms. The molecular weight excluding hydrogens is 128 g/mol. The normalized spacial score (nSPS) is 4.00. The third kappa shape index (κ3) is 67.8. The molecule has 0 aliphatic rings. The van der Waals surface area contributed by atoms with Gasteiger partial charge in [0.15, 0.2) is 0 Å². The molecule has 0 aromatic rings. The second-order valence-electron chi connectivity index (χ2n) is 0.250. The van der Waals surface area contributed by atoms with Crippen LogP contribution in [0.2, 0.25) is 0 Å². The molecule has 0 saturated carbocycles. The van der Waals surface area contributed by atoms with E-state index in [1.54, 1.807) is 0 Å². The Labute approximate surface area is 75.8 Å². The van der Waals surface area contributed by atoms with E-state index in [4.69, 9.17) is 15.0 Å². The summed E-state index contributed by atoms with van der Waals surface area (Å²) < 4.78 is 0. The molecule has 0 aromatic heterocycles. The molecule has 0 N–H and O–H groups in total. The van der Waals surface area contributed by atoms with E-state index in [1.165, 1.54) is 0 Å². The Morgan fingerprint density at radius 1 is 1.33 bits per heavy atom. The Bertz CT molecular complexity index is 33.8. The maximum atomic E-state index is 8.33. The van der Waals surface area contributed by atoms with E-state index < -0.39 is 6.16 Å². The minimum atomic E-state index is -2.33. The van der Waals surface area contributed by atoms with Crippen molar-refractivity contribution in [2.24, 2.45) is 0 Å². The zero-order valence-electron chi connectivity index (χ0n) is 3.30. The maximum absolute atomic E-state index is 8.33. The Hall–Kier alpha value is 1.14. The van der Waals surface area contributed by atoms with Crippen LogP contribution in [0.3, 0.4) is 0 Å². The average Bonchev–Trinajstić information content (AvgIpc) is 0.811. The van der Waals surface area contributed by atoms with Crippen LogP contribution in [-0.4, -0.2) is 6.16 Å². The van der Waals surface area contributed by atoms with Crippen molar-refractivity contribution >= 4 is 6.16 Å². The third-order valence-electron chi connectivity index (χ3n) is 0. The molecule has 24 valence electrons. The zero-order chi connectivity index (χ0) is 3.58. The number of carbonyl (C=O) groups is 1. The predicted octanol–water partition coefficient (Wildman–Crippen LogP) is -5.45. The van der Waals surface area contributed by atoms with Gasteiger partial charge in [0.05, 0.1) is 0 Å². The van der Waals surface area contributed by atoms with E-state index in [0.717, 1.165) is 0 Å². The van der Waals surface area contributed by atoms with Crippen LogP contribution in [0.4, 0.5) is 4.79 Å². The second kappa shape index (κ2) is 9.46. The molecule has 0 bridgehead atoms. The summed E-state index contributed by atoms with van der Waals surface area (Å²) in [7, 11) is 0. The quantitative estimate of drug-likeness (QED) is 0.306. The van der Waals surface area contributed by atoms with Gasteiger partial charge >= 0.3 is 55.4 Å². The van der Waals surface area contributed by atoms with Crippen LogP contribution in [0.1, 0.15) is 0 Å². The van der Waals surface area contributed by atoms with E-state index in [1.807, 2.05) is 0 Å². The van der Waals surface area contributed by atoms with Gasteiger partial charge in [-0.15, -0.1) is 0 Å². The molecule has 3 nitrogen and oxygen atoms in total. The van der Waals surface area contributed by atoms with Crippen molar-refractivity contribution in [3.63, 3.8) is 0 Å². The maximum Gasteiger partial charge on any atom is 3.00 e. The standard InChI is InChI=1S/CH2O3.Na.Sc/c2-1(3)4;;/h(H2,2,3,4);;/q;+1;+3/p-2. The topological polar surface area (TPSA) is 63.2 Å². The van der Waals surface area contributed by atoms with Gasteiger partial charge in [-0.05, 0) is 6.16 Å². The van der Waals surface area contributed by atoms with Crippen molar-refractivity contribution in [1.82, 2.24) is 0 Å². The number of rotatable bonds is 0. The van der Waals surface area contributed by atoms with Gasteiger partial charge in [0.2, 0.25) is 0 Å². The number of hydrogen-bond donors (Lipinski definition) is 0. The molecular formula is CNaO3Sc+2. The van der Waals surface area contributed by atoms with E-state index in [-0.39, 0.29) is 55.4 Å². The second-order valence-corrected chi connectivity index (χ2v) is 0.250. The van der Waals surface area contributed by atoms with Crippen molar-refractivity contribution < 1.29 is 70.4 Å². The first-order chi connectivity index (χ1) is 1.73. The Balaban J connectivity index is -0.0000000450. The smallest absolute Gasteiger partial charge is 0.652 e. The van der Waals surface area contributed by atoms with Crippen LogP contribution in [0.5, 0.6) is 0 Å². The fourth-order valence-corrected chi connectivity index (χ4v) is 0. The molecule has 0 heterocycles. The van der Waals surface area contributed by atoms with Gasteiger partial charge in [-0.3, -0.25) is 0 Å². The van der Waals surface area contributed by atoms with Crippen molar-refractivity contribution in [3.05, 3.63) is 0 Å². The SMILES string of the molecule is O=C([O-])[O-].[Na+].[Sc+3]. The van der Waals surface area contributed by atoms with E-state index in [2.05, 4.69) is 0 Å². The summed E-state index contributed by atoms with van der Waals surface area (Å²) >= 11 is 0. The zero-order valence-corrected chi connectivity index (χ0v) is 7.11. The predicted molar refractivity (Wildman–Crippen MR) is 5.40 cm³/mol. The first-order valence-electron chi connectivity index (χ1n) is 0.612. The van der Waals surface area contributed by atoms with Crippen LogP contribution in [0, 0.1) is 0 Å². The van der Waals surface area contributed by atoms with Crippen LogP contribution < -0.4 is 39.8 Å². The summed E-state index contributed by atoms with van der Waals surface area (Å²) in [6.07, 6.45) is -2.33. The van der Waals surface area contributed by atoms with E-state index in [0.29, 0.717) is 0 Å². The molecule has 0 aromatic carbocycles. The Kier molecular flexibility index (Phi) is 24.8. The summed E-state index contributed by atoms with van der Waals surface area (Å²) in [4.78, 5) is 8.33. The molecule has 0 spiro atoms. The minimum Gasteiger partial charge on any atom is -0.652 e. The summed E-state index contributed by atoms with van der Waals surface area (Å²) in [5, 5.41) is 16.7. The summed E-state index contributed by atoms with van der Waals surface area (Å²) in [5.74, 6) is 0. The first-order valence-corrected chi connectivity index (χ1v) is 0.612. The fourth-order valence-electron chi connectivity index (χ4n) is 0. The molecule has 5 heteroatoms. The molecule has 0 aliphatic carbocycles. The van der Waals surface area contributed by atoms with Crippen LogP contribution in [0.15, 0.2) is 0 Å². The van der Waals surface area contributed by atoms with Gasteiger partial charge in [0.1, 0.15) is 0 Å². The van der Waals surface area contributed by atoms with Gasteiger partial charge in [-0.25, -0.2) is 0 Å². The van der Waals surface area contributed by atoms with Gasteiger partial charge in [0, 0.05) is 0 Å². The molecule has 0 aliphatic heterocycles. The summed E-state index contributed by atoms with van der Waals surface area (Å²) in [6.45, 7) is 0. The van der Waals surface area contributed by atoms with Gasteiger partial charge in [-0.2, -0.15) is 0 Å². The molecule has 0 fully saturated rings.